The second-order valence-corrected chi connectivity index (χ2v) is 5.00. The first-order valence-electron chi connectivity index (χ1n) is 6.32. The Morgan fingerprint density at radius 2 is 2.00 bits per heavy atom. The molecule has 4 heteroatoms. The zero-order valence-electron chi connectivity index (χ0n) is 10.3. The normalized spacial score (nSPS) is 19.9. The lowest BCUT2D eigenvalue weighted by atomic mass is 9.88. The van der Waals surface area contributed by atoms with E-state index in [0.717, 1.165) is 12.5 Å². The summed E-state index contributed by atoms with van der Waals surface area (Å²) < 4.78 is 0. The summed E-state index contributed by atoms with van der Waals surface area (Å²) in [6, 6.07) is 0.111. The molecule has 1 amide bonds. The van der Waals surface area contributed by atoms with E-state index in [1.807, 2.05) is 0 Å². The molecule has 0 saturated heterocycles. The van der Waals surface area contributed by atoms with E-state index >= 15 is 0 Å². The molecule has 4 nitrogen and oxygen atoms in total. The van der Waals surface area contributed by atoms with Gasteiger partial charge in [0.2, 0.25) is 5.91 Å². The summed E-state index contributed by atoms with van der Waals surface area (Å²) >= 11 is 0. The number of hydrogen-bond acceptors (Lipinski definition) is 3. The number of likely N-dealkylation sites (N-methyl/N-ethyl adjacent to an activating group) is 1. The monoisotopic (exact) mass is 227 g/mol. The predicted molar refractivity (Wildman–Crippen MR) is 65.9 cm³/mol. The van der Waals surface area contributed by atoms with Crippen LogP contribution in [0.4, 0.5) is 0 Å². The summed E-state index contributed by atoms with van der Waals surface area (Å²) in [7, 11) is 2.05. The van der Waals surface area contributed by atoms with E-state index in [-0.39, 0.29) is 11.9 Å². The van der Waals surface area contributed by atoms with Gasteiger partial charge in [-0.05, 0) is 25.8 Å². The lowest BCUT2D eigenvalue weighted by molar-refractivity contribution is -0.119. The van der Waals surface area contributed by atoms with Crippen molar-refractivity contribution in [3.8, 4) is 0 Å². The van der Waals surface area contributed by atoms with Gasteiger partial charge in [0.05, 0.1) is 0 Å². The van der Waals surface area contributed by atoms with Crippen molar-refractivity contribution in [3.05, 3.63) is 0 Å². The van der Waals surface area contributed by atoms with Crippen molar-refractivity contribution in [1.82, 2.24) is 4.90 Å². The molecule has 94 valence electrons. The van der Waals surface area contributed by atoms with Gasteiger partial charge < -0.3 is 16.4 Å². The van der Waals surface area contributed by atoms with E-state index in [2.05, 4.69) is 11.9 Å². The lowest BCUT2D eigenvalue weighted by Crippen LogP contribution is -2.43. The number of nitrogens with zero attached hydrogens (tertiary/aromatic N) is 1. The fourth-order valence-electron chi connectivity index (χ4n) is 2.58. The number of hydrogen-bond donors (Lipinski definition) is 2. The van der Waals surface area contributed by atoms with Crippen molar-refractivity contribution >= 4 is 5.91 Å². The molecular weight excluding hydrogens is 202 g/mol. The van der Waals surface area contributed by atoms with Crippen molar-refractivity contribution in [2.75, 3.05) is 20.1 Å². The van der Waals surface area contributed by atoms with Gasteiger partial charge in [-0.2, -0.15) is 0 Å². The highest BCUT2D eigenvalue weighted by Crippen LogP contribution is 2.24. The van der Waals surface area contributed by atoms with Crippen molar-refractivity contribution in [1.29, 1.82) is 0 Å². The van der Waals surface area contributed by atoms with Gasteiger partial charge >= 0.3 is 0 Å². The van der Waals surface area contributed by atoms with Gasteiger partial charge in [-0.1, -0.05) is 19.3 Å². The third-order valence-corrected chi connectivity index (χ3v) is 3.60. The topological polar surface area (TPSA) is 72.3 Å². The van der Waals surface area contributed by atoms with Crippen LogP contribution < -0.4 is 11.5 Å². The molecule has 16 heavy (non-hydrogen) atoms. The van der Waals surface area contributed by atoms with Gasteiger partial charge in [-0.15, -0.1) is 0 Å². The number of rotatable bonds is 6. The minimum Gasteiger partial charge on any atom is -0.370 e. The van der Waals surface area contributed by atoms with Crippen LogP contribution in [0.15, 0.2) is 0 Å². The van der Waals surface area contributed by atoms with E-state index in [9.17, 15) is 4.79 Å². The molecule has 0 aromatic heterocycles. The Labute approximate surface area is 98.3 Å². The molecule has 0 heterocycles. The van der Waals surface area contributed by atoms with Crippen LogP contribution in [0.2, 0.25) is 0 Å². The van der Waals surface area contributed by atoms with Gasteiger partial charge in [0, 0.05) is 25.6 Å². The number of nitrogens with two attached hydrogens (primary N) is 2. The van der Waals surface area contributed by atoms with Crippen LogP contribution in [0.25, 0.3) is 0 Å². The van der Waals surface area contributed by atoms with Crippen molar-refractivity contribution in [2.45, 2.75) is 44.6 Å². The molecule has 1 unspecified atom stereocenters. The number of carbonyl (C=O) groups is 1. The number of amides is 1. The average molecular weight is 227 g/mol. The van der Waals surface area contributed by atoms with Crippen LogP contribution in [0.3, 0.4) is 0 Å². The smallest absolute Gasteiger partial charge is 0.219 e. The first-order valence-corrected chi connectivity index (χ1v) is 6.32. The summed E-state index contributed by atoms with van der Waals surface area (Å²) in [6.45, 7) is 1.56. The van der Waals surface area contributed by atoms with E-state index in [0.29, 0.717) is 13.0 Å². The second-order valence-electron chi connectivity index (χ2n) is 5.00. The summed E-state index contributed by atoms with van der Waals surface area (Å²) in [6.07, 6.45) is 7.08. The Morgan fingerprint density at radius 1 is 1.38 bits per heavy atom. The summed E-state index contributed by atoms with van der Waals surface area (Å²) in [5.41, 5.74) is 10.9. The first kappa shape index (κ1) is 13.5. The third-order valence-electron chi connectivity index (χ3n) is 3.60. The molecule has 1 aliphatic rings. The number of carbonyl (C=O) groups excluding carboxylic acids is 1. The molecule has 1 rings (SSSR count). The highest BCUT2D eigenvalue weighted by Gasteiger charge is 2.20. The van der Waals surface area contributed by atoms with E-state index in [1.165, 1.54) is 32.1 Å². The molecule has 4 N–H and O–H groups in total. The van der Waals surface area contributed by atoms with Gasteiger partial charge in [-0.25, -0.2) is 0 Å². The van der Waals surface area contributed by atoms with Crippen LogP contribution >= 0.6 is 0 Å². The maximum atomic E-state index is 10.9. The van der Waals surface area contributed by atoms with Crippen LogP contribution in [-0.4, -0.2) is 37.0 Å². The maximum absolute atomic E-state index is 10.9. The van der Waals surface area contributed by atoms with Crippen LogP contribution in [0, 0.1) is 5.92 Å². The summed E-state index contributed by atoms with van der Waals surface area (Å²) in [5.74, 6) is 0.520. The Morgan fingerprint density at radius 3 is 2.50 bits per heavy atom. The molecule has 1 fully saturated rings. The maximum Gasteiger partial charge on any atom is 0.219 e. The molecule has 1 aliphatic carbocycles. The Hall–Kier alpha value is -0.610. The second kappa shape index (κ2) is 6.86. The van der Waals surface area contributed by atoms with Gasteiger partial charge in [0.25, 0.3) is 0 Å². The average Bonchev–Trinajstić information content (AvgIpc) is 2.26. The molecular formula is C12H25N3O. The summed E-state index contributed by atoms with van der Waals surface area (Å²) in [5, 5.41) is 0. The molecule has 0 radical (unpaired) electrons. The molecule has 1 saturated carbocycles. The third kappa shape index (κ3) is 4.49. The van der Waals surface area contributed by atoms with Gasteiger partial charge in [0.1, 0.15) is 0 Å². The molecule has 0 spiro atoms. The van der Waals surface area contributed by atoms with Crippen molar-refractivity contribution in [3.63, 3.8) is 0 Å². The minimum atomic E-state index is -0.258. The fourth-order valence-corrected chi connectivity index (χ4v) is 2.58. The fraction of sp³-hybridized carbons (Fsp3) is 0.917. The van der Waals surface area contributed by atoms with Crippen LogP contribution in [0.1, 0.15) is 38.5 Å². The van der Waals surface area contributed by atoms with E-state index in [1.54, 1.807) is 0 Å². The standard InChI is InChI=1S/C12H25N3O/c1-15(11(8-13)7-12(14)16)9-10-5-3-2-4-6-10/h10-11H,2-9,13H2,1H3,(H2,14,16). The summed E-state index contributed by atoms with van der Waals surface area (Å²) in [4.78, 5) is 13.1. The minimum absolute atomic E-state index is 0.111. The molecule has 0 bridgehead atoms. The quantitative estimate of drug-likeness (QED) is 0.701. The SMILES string of the molecule is CN(CC1CCCCC1)C(CN)CC(N)=O. The Kier molecular flexibility index (Phi) is 5.77. The van der Waals surface area contributed by atoms with Crippen molar-refractivity contribution in [2.24, 2.45) is 17.4 Å². The largest absolute Gasteiger partial charge is 0.370 e. The lowest BCUT2D eigenvalue weighted by Gasteiger charge is -2.31. The Balaban J connectivity index is 2.35. The first-order chi connectivity index (χ1) is 7.63. The Bertz CT molecular complexity index is 214. The molecule has 1 atom stereocenters. The van der Waals surface area contributed by atoms with Gasteiger partial charge in [0.15, 0.2) is 0 Å². The van der Waals surface area contributed by atoms with Crippen LogP contribution in [-0.2, 0) is 4.79 Å². The molecule has 0 aliphatic heterocycles. The van der Waals surface area contributed by atoms with Crippen LogP contribution in [0.5, 0.6) is 0 Å². The molecule has 0 aromatic carbocycles. The predicted octanol–water partition coefficient (Wildman–Crippen LogP) is 0.701. The van der Waals surface area contributed by atoms with Gasteiger partial charge in [-0.3, -0.25) is 4.79 Å². The highest BCUT2D eigenvalue weighted by molar-refractivity contribution is 5.74. The zero-order chi connectivity index (χ0) is 12.0. The molecule has 0 aromatic rings. The van der Waals surface area contributed by atoms with Crippen molar-refractivity contribution < 1.29 is 4.79 Å². The van der Waals surface area contributed by atoms with E-state index in [4.69, 9.17) is 11.5 Å². The number of primary amides is 1. The zero-order valence-corrected chi connectivity index (χ0v) is 10.3. The highest BCUT2D eigenvalue weighted by atomic mass is 16.1. The van der Waals surface area contributed by atoms with E-state index < -0.39 is 0 Å².